The van der Waals surface area contributed by atoms with Crippen molar-refractivity contribution in [3.05, 3.63) is 0 Å². The Kier molecular flexibility index (Phi) is 6.10. The highest BCUT2D eigenvalue weighted by atomic mass is 16.6. The third kappa shape index (κ3) is 5.54. The molecule has 84 valence electrons. The number of nitrogens with one attached hydrogen (secondary N) is 1. The molecule has 4 nitrogen and oxygen atoms in total. The topological polar surface area (TPSA) is 33.7 Å². The largest absolute Gasteiger partial charge is 0.376 e. The number of hydrogen-bond donors (Lipinski definition) is 1. The highest BCUT2D eigenvalue weighted by Crippen LogP contribution is 1.98. The highest BCUT2D eigenvalue weighted by Gasteiger charge is 2.12. The smallest absolute Gasteiger partial charge is 0.0933 e. The lowest BCUT2D eigenvalue weighted by Gasteiger charge is -2.23. The summed E-state index contributed by atoms with van der Waals surface area (Å²) in [7, 11) is 4.19. The summed E-state index contributed by atoms with van der Waals surface area (Å²) in [5, 5.41) is 3.38. The van der Waals surface area contributed by atoms with Gasteiger partial charge in [0.05, 0.1) is 25.9 Å². The Balaban J connectivity index is 1.87. The van der Waals surface area contributed by atoms with Crippen LogP contribution in [0.2, 0.25) is 0 Å². The van der Waals surface area contributed by atoms with E-state index in [9.17, 15) is 0 Å². The molecule has 1 heterocycles. The van der Waals surface area contributed by atoms with Crippen LogP contribution < -0.4 is 5.32 Å². The zero-order valence-corrected chi connectivity index (χ0v) is 9.29. The predicted molar refractivity (Wildman–Crippen MR) is 56.6 cm³/mol. The van der Waals surface area contributed by atoms with Gasteiger partial charge in [0.2, 0.25) is 0 Å². The second kappa shape index (κ2) is 7.17. The van der Waals surface area contributed by atoms with E-state index in [1.807, 2.05) is 0 Å². The molecule has 1 fully saturated rings. The lowest BCUT2D eigenvalue weighted by Crippen LogP contribution is -2.38. The fraction of sp³-hybridized carbons (Fsp3) is 1.00. The van der Waals surface area contributed by atoms with E-state index in [1.165, 1.54) is 6.42 Å². The Morgan fingerprint density at radius 3 is 2.86 bits per heavy atom. The van der Waals surface area contributed by atoms with Crippen molar-refractivity contribution in [3.8, 4) is 0 Å². The molecule has 1 aliphatic rings. The SMILES string of the molecule is CN(C)CCCNCC1COCCO1. The molecule has 1 saturated heterocycles. The van der Waals surface area contributed by atoms with Gasteiger partial charge in [-0.1, -0.05) is 0 Å². The van der Waals surface area contributed by atoms with Gasteiger partial charge in [-0.15, -0.1) is 0 Å². The summed E-state index contributed by atoms with van der Waals surface area (Å²) >= 11 is 0. The van der Waals surface area contributed by atoms with Crippen LogP contribution in [0.15, 0.2) is 0 Å². The molecule has 1 N–H and O–H groups in total. The minimum atomic E-state index is 0.253. The molecule has 0 aromatic heterocycles. The third-order valence-electron chi connectivity index (χ3n) is 2.22. The van der Waals surface area contributed by atoms with Gasteiger partial charge in [-0.3, -0.25) is 0 Å². The van der Waals surface area contributed by atoms with Crippen molar-refractivity contribution in [1.82, 2.24) is 10.2 Å². The third-order valence-corrected chi connectivity index (χ3v) is 2.22. The maximum atomic E-state index is 5.51. The van der Waals surface area contributed by atoms with Crippen LogP contribution in [-0.4, -0.2) is 64.6 Å². The minimum Gasteiger partial charge on any atom is -0.376 e. The van der Waals surface area contributed by atoms with Crippen molar-refractivity contribution < 1.29 is 9.47 Å². The van der Waals surface area contributed by atoms with Crippen molar-refractivity contribution in [2.75, 3.05) is 53.6 Å². The Morgan fingerprint density at radius 2 is 2.21 bits per heavy atom. The zero-order valence-electron chi connectivity index (χ0n) is 9.29. The van der Waals surface area contributed by atoms with Gasteiger partial charge in [0.1, 0.15) is 0 Å². The molecule has 14 heavy (non-hydrogen) atoms. The monoisotopic (exact) mass is 202 g/mol. The van der Waals surface area contributed by atoms with Gasteiger partial charge in [0.15, 0.2) is 0 Å². The number of nitrogens with zero attached hydrogens (tertiary/aromatic N) is 1. The molecule has 0 aromatic rings. The van der Waals surface area contributed by atoms with Crippen LogP contribution in [0.1, 0.15) is 6.42 Å². The Hall–Kier alpha value is -0.160. The minimum absolute atomic E-state index is 0.253. The second-order valence-corrected chi connectivity index (χ2v) is 3.93. The van der Waals surface area contributed by atoms with Crippen molar-refractivity contribution >= 4 is 0 Å². The van der Waals surface area contributed by atoms with Crippen LogP contribution >= 0.6 is 0 Å². The predicted octanol–water partition coefficient (Wildman–Crippen LogP) is -0.0569. The van der Waals surface area contributed by atoms with Crippen LogP contribution in [0.4, 0.5) is 0 Å². The van der Waals surface area contributed by atoms with Gasteiger partial charge in [-0.2, -0.15) is 0 Å². The van der Waals surface area contributed by atoms with Crippen LogP contribution in [0.25, 0.3) is 0 Å². The van der Waals surface area contributed by atoms with Crippen LogP contribution in [0.5, 0.6) is 0 Å². The summed E-state index contributed by atoms with van der Waals surface area (Å²) in [5.74, 6) is 0. The van der Waals surface area contributed by atoms with E-state index in [4.69, 9.17) is 9.47 Å². The van der Waals surface area contributed by atoms with Crippen molar-refractivity contribution in [2.24, 2.45) is 0 Å². The van der Waals surface area contributed by atoms with Crippen LogP contribution in [0.3, 0.4) is 0 Å². The maximum Gasteiger partial charge on any atom is 0.0933 e. The average Bonchev–Trinajstić information content (AvgIpc) is 2.18. The van der Waals surface area contributed by atoms with E-state index < -0.39 is 0 Å². The van der Waals surface area contributed by atoms with E-state index in [-0.39, 0.29) is 6.10 Å². The molecule has 1 atom stereocenters. The Bertz CT molecular complexity index is 136. The van der Waals surface area contributed by atoms with Crippen LogP contribution in [0, 0.1) is 0 Å². The van der Waals surface area contributed by atoms with Gasteiger partial charge >= 0.3 is 0 Å². The summed E-state index contributed by atoms with van der Waals surface area (Å²) in [6.45, 7) is 5.32. The fourth-order valence-electron chi connectivity index (χ4n) is 1.44. The van der Waals surface area contributed by atoms with Crippen molar-refractivity contribution in [3.63, 3.8) is 0 Å². The first-order chi connectivity index (χ1) is 6.79. The molecular weight excluding hydrogens is 180 g/mol. The molecule has 0 aliphatic carbocycles. The van der Waals surface area contributed by atoms with Gasteiger partial charge in [0, 0.05) is 6.54 Å². The lowest BCUT2D eigenvalue weighted by molar-refractivity contribution is -0.0863. The molecule has 1 rings (SSSR count). The van der Waals surface area contributed by atoms with E-state index in [2.05, 4.69) is 24.3 Å². The van der Waals surface area contributed by atoms with Crippen LogP contribution in [-0.2, 0) is 9.47 Å². The first-order valence-electron chi connectivity index (χ1n) is 5.34. The molecule has 4 heteroatoms. The number of hydrogen-bond acceptors (Lipinski definition) is 4. The molecule has 0 radical (unpaired) electrons. The first kappa shape index (κ1) is 11.9. The fourth-order valence-corrected chi connectivity index (χ4v) is 1.44. The normalized spacial score (nSPS) is 22.9. The van der Waals surface area contributed by atoms with Gasteiger partial charge in [-0.05, 0) is 33.6 Å². The van der Waals surface area contributed by atoms with Gasteiger partial charge < -0.3 is 19.7 Å². The number of rotatable bonds is 6. The van der Waals surface area contributed by atoms with E-state index >= 15 is 0 Å². The highest BCUT2D eigenvalue weighted by molar-refractivity contribution is 4.64. The van der Waals surface area contributed by atoms with E-state index in [1.54, 1.807) is 0 Å². The molecule has 0 aromatic carbocycles. The van der Waals surface area contributed by atoms with Crippen molar-refractivity contribution in [1.29, 1.82) is 0 Å². The summed E-state index contributed by atoms with van der Waals surface area (Å²) < 4.78 is 10.8. The molecule has 0 bridgehead atoms. The Labute approximate surface area is 86.6 Å². The molecule has 0 spiro atoms. The summed E-state index contributed by atoms with van der Waals surface area (Å²) in [4.78, 5) is 2.20. The molecule has 1 unspecified atom stereocenters. The van der Waals surface area contributed by atoms with E-state index in [0.29, 0.717) is 0 Å². The molecular formula is C10H22N2O2. The Morgan fingerprint density at radius 1 is 1.36 bits per heavy atom. The van der Waals surface area contributed by atoms with Gasteiger partial charge in [-0.25, -0.2) is 0 Å². The average molecular weight is 202 g/mol. The summed E-state index contributed by atoms with van der Waals surface area (Å²) in [6, 6.07) is 0. The molecule has 0 saturated carbocycles. The second-order valence-electron chi connectivity index (χ2n) is 3.93. The van der Waals surface area contributed by atoms with Crippen molar-refractivity contribution in [2.45, 2.75) is 12.5 Å². The van der Waals surface area contributed by atoms with Gasteiger partial charge in [0.25, 0.3) is 0 Å². The molecule has 0 amide bonds. The first-order valence-corrected chi connectivity index (χ1v) is 5.34. The van der Waals surface area contributed by atoms with E-state index in [0.717, 1.165) is 39.5 Å². The molecule has 1 aliphatic heterocycles. The quantitative estimate of drug-likeness (QED) is 0.612. The maximum absolute atomic E-state index is 5.51. The summed E-state index contributed by atoms with van der Waals surface area (Å²) in [6.07, 6.45) is 1.43. The number of ether oxygens (including phenoxy) is 2. The standard InChI is InChI=1S/C10H22N2O2/c1-12(2)5-3-4-11-8-10-9-13-6-7-14-10/h10-11H,3-9H2,1-2H3. The zero-order chi connectivity index (χ0) is 10.2. The summed E-state index contributed by atoms with van der Waals surface area (Å²) in [5.41, 5.74) is 0. The lowest BCUT2D eigenvalue weighted by atomic mass is 10.3.